The molecule has 1 fully saturated rings. The molecule has 0 aliphatic carbocycles. The smallest absolute Gasteiger partial charge is 0.251 e. The molecule has 1 saturated heterocycles. The van der Waals surface area contributed by atoms with E-state index in [9.17, 15) is 4.79 Å². The molecular weight excluding hydrogens is 464 g/mol. The van der Waals surface area contributed by atoms with E-state index in [2.05, 4.69) is 65.0 Å². The summed E-state index contributed by atoms with van der Waals surface area (Å²) >= 11 is 0. The van der Waals surface area contributed by atoms with E-state index < -0.39 is 0 Å². The number of rotatable bonds is 10. The van der Waals surface area contributed by atoms with Crippen LogP contribution in [-0.4, -0.2) is 65.5 Å². The topological polar surface area (TPSA) is 98.3 Å². The first kappa shape index (κ1) is 26.3. The van der Waals surface area contributed by atoms with E-state index in [1.165, 1.54) is 5.56 Å². The summed E-state index contributed by atoms with van der Waals surface area (Å²) < 4.78 is 0. The Morgan fingerprint density at radius 3 is 2.59 bits per heavy atom. The average molecular weight is 503 g/mol. The summed E-state index contributed by atoms with van der Waals surface area (Å²) in [7, 11) is 3.62. The summed E-state index contributed by atoms with van der Waals surface area (Å²) in [6, 6.07) is 16.4. The minimum absolute atomic E-state index is 0.139. The number of anilines is 4. The molecule has 3 N–H and O–H groups in total. The van der Waals surface area contributed by atoms with Gasteiger partial charge in [-0.15, -0.1) is 0 Å². The molecule has 1 amide bonds. The van der Waals surface area contributed by atoms with Gasteiger partial charge in [-0.3, -0.25) is 9.69 Å². The largest absolute Gasteiger partial charge is 0.355 e. The number of nitrogens with one attached hydrogen (secondary N) is 3. The number of aryl methyl sites for hydroxylation is 1. The van der Waals surface area contributed by atoms with Crippen molar-refractivity contribution >= 4 is 29.4 Å². The van der Waals surface area contributed by atoms with E-state index in [1.54, 1.807) is 7.05 Å². The average Bonchev–Trinajstić information content (AvgIpc) is 3.31. The van der Waals surface area contributed by atoms with Crippen LogP contribution < -0.4 is 20.9 Å². The first-order valence-electron chi connectivity index (χ1n) is 12.9. The molecule has 37 heavy (non-hydrogen) atoms. The molecule has 1 aromatic heterocycles. The van der Waals surface area contributed by atoms with Crippen LogP contribution in [0.15, 0.2) is 48.5 Å². The first-order chi connectivity index (χ1) is 17.8. The van der Waals surface area contributed by atoms with Gasteiger partial charge < -0.3 is 20.9 Å². The van der Waals surface area contributed by atoms with Gasteiger partial charge in [0.05, 0.1) is 0 Å². The Labute approximate surface area is 219 Å². The molecule has 9 heteroatoms. The molecule has 196 valence electrons. The van der Waals surface area contributed by atoms with Crippen molar-refractivity contribution in [1.29, 1.82) is 0 Å². The zero-order valence-corrected chi connectivity index (χ0v) is 22.5. The van der Waals surface area contributed by atoms with Crippen molar-refractivity contribution in [2.24, 2.45) is 5.92 Å². The van der Waals surface area contributed by atoms with Gasteiger partial charge in [0.15, 0.2) is 0 Å². The van der Waals surface area contributed by atoms with Crippen molar-refractivity contribution in [2.45, 2.75) is 39.8 Å². The van der Waals surface area contributed by atoms with Crippen molar-refractivity contribution in [3.8, 4) is 0 Å². The number of benzene rings is 2. The molecule has 1 unspecified atom stereocenters. The van der Waals surface area contributed by atoms with Crippen LogP contribution in [-0.2, 0) is 6.54 Å². The van der Waals surface area contributed by atoms with Crippen LogP contribution in [0.4, 0.5) is 23.5 Å². The summed E-state index contributed by atoms with van der Waals surface area (Å²) in [5.74, 6) is 1.92. The van der Waals surface area contributed by atoms with Gasteiger partial charge >= 0.3 is 0 Å². The summed E-state index contributed by atoms with van der Waals surface area (Å²) in [5.41, 5.74) is 3.67. The summed E-state index contributed by atoms with van der Waals surface area (Å²) in [6.07, 6.45) is 1.02. The lowest BCUT2D eigenvalue weighted by molar-refractivity contribution is 0.0963. The van der Waals surface area contributed by atoms with Crippen molar-refractivity contribution in [3.05, 3.63) is 65.2 Å². The van der Waals surface area contributed by atoms with Crippen LogP contribution in [0.25, 0.3) is 0 Å². The van der Waals surface area contributed by atoms with Gasteiger partial charge in [0.25, 0.3) is 5.91 Å². The standard InChI is InChI=1S/C28H38N8O/c1-19(2)16-35(5)28-33-26(30-23-13-14-36(18-23)17-21-9-7-6-8-10-21)32-27(34-28)31-24-15-22(25(37)29-4)12-11-20(24)3/h6-12,15,19,23H,13-14,16-18H2,1-5H3,(H,29,37)(H2,30,31,32,33,34). The van der Waals surface area contributed by atoms with Crippen LogP contribution in [0.2, 0.25) is 0 Å². The van der Waals surface area contributed by atoms with E-state index in [1.807, 2.05) is 37.1 Å². The molecular formula is C28H38N8O. The van der Waals surface area contributed by atoms with Gasteiger partial charge in [0.1, 0.15) is 0 Å². The second-order valence-corrected chi connectivity index (χ2v) is 10.1. The molecule has 2 heterocycles. The zero-order valence-electron chi connectivity index (χ0n) is 22.5. The van der Waals surface area contributed by atoms with Crippen molar-refractivity contribution in [3.63, 3.8) is 0 Å². The highest BCUT2D eigenvalue weighted by atomic mass is 16.1. The van der Waals surface area contributed by atoms with E-state index in [0.29, 0.717) is 29.3 Å². The Morgan fingerprint density at radius 1 is 1.11 bits per heavy atom. The molecule has 1 aliphatic heterocycles. The Bertz CT molecular complexity index is 1200. The molecule has 9 nitrogen and oxygen atoms in total. The van der Waals surface area contributed by atoms with E-state index >= 15 is 0 Å². The minimum atomic E-state index is -0.139. The number of carbonyl (C=O) groups is 1. The molecule has 1 atom stereocenters. The normalized spacial score (nSPS) is 15.6. The number of likely N-dealkylation sites (tertiary alicyclic amines) is 1. The van der Waals surface area contributed by atoms with Crippen molar-refractivity contribution < 1.29 is 4.79 Å². The third kappa shape index (κ3) is 7.16. The first-order valence-corrected chi connectivity index (χ1v) is 12.9. The SMILES string of the molecule is CNC(=O)c1ccc(C)c(Nc2nc(NC3CCN(Cc4ccccc4)C3)nc(N(C)CC(C)C)n2)c1. The van der Waals surface area contributed by atoms with Gasteiger partial charge in [-0.2, -0.15) is 15.0 Å². The highest BCUT2D eigenvalue weighted by Gasteiger charge is 2.24. The van der Waals surface area contributed by atoms with Crippen LogP contribution in [0.1, 0.15) is 41.8 Å². The lowest BCUT2D eigenvalue weighted by Crippen LogP contribution is -2.28. The number of amides is 1. The third-order valence-electron chi connectivity index (χ3n) is 6.43. The fraction of sp³-hybridized carbons (Fsp3) is 0.429. The highest BCUT2D eigenvalue weighted by molar-refractivity contribution is 5.95. The fourth-order valence-corrected chi connectivity index (χ4v) is 4.57. The number of nitrogens with zero attached hydrogens (tertiary/aromatic N) is 5. The maximum Gasteiger partial charge on any atom is 0.251 e. The van der Waals surface area contributed by atoms with Crippen molar-refractivity contribution in [2.75, 3.05) is 49.3 Å². The second kappa shape index (κ2) is 12.0. The van der Waals surface area contributed by atoms with Gasteiger partial charge in [-0.1, -0.05) is 50.2 Å². The number of hydrogen-bond acceptors (Lipinski definition) is 8. The third-order valence-corrected chi connectivity index (χ3v) is 6.43. The number of carbonyl (C=O) groups excluding carboxylic acids is 1. The zero-order chi connectivity index (χ0) is 26.4. The molecule has 4 rings (SSSR count). The summed E-state index contributed by atoms with van der Waals surface area (Å²) in [6.45, 7) is 10.0. The Balaban J connectivity index is 1.54. The van der Waals surface area contributed by atoms with Crippen LogP contribution >= 0.6 is 0 Å². The van der Waals surface area contributed by atoms with Crippen LogP contribution in [0, 0.1) is 12.8 Å². The fourth-order valence-electron chi connectivity index (χ4n) is 4.57. The van der Waals surface area contributed by atoms with Gasteiger partial charge in [-0.05, 0) is 42.5 Å². The van der Waals surface area contributed by atoms with Crippen LogP contribution in [0.5, 0.6) is 0 Å². The quantitative estimate of drug-likeness (QED) is 0.382. The number of aromatic nitrogens is 3. The van der Waals surface area contributed by atoms with Crippen molar-refractivity contribution in [1.82, 2.24) is 25.2 Å². The van der Waals surface area contributed by atoms with Gasteiger partial charge in [-0.25, -0.2) is 0 Å². The predicted molar refractivity (Wildman–Crippen MR) is 150 cm³/mol. The highest BCUT2D eigenvalue weighted by Crippen LogP contribution is 2.24. The molecule has 0 saturated carbocycles. The Hall–Kier alpha value is -3.72. The lowest BCUT2D eigenvalue weighted by atomic mass is 10.1. The van der Waals surface area contributed by atoms with Gasteiger partial charge in [0.2, 0.25) is 17.8 Å². The van der Waals surface area contributed by atoms with E-state index in [0.717, 1.165) is 43.9 Å². The number of hydrogen-bond donors (Lipinski definition) is 3. The summed E-state index contributed by atoms with van der Waals surface area (Å²) in [4.78, 5) is 30.8. The van der Waals surface area contributed by atoms with Crippen LogP contribution in [0.3, 0.4) is 0 Å². The predicted octanol–water partition coefficient (Wildman–Crippen LogP) is 4.06. The Morgan fingerprint density at radius 2 is 1.86 bits per heavy atom. The lowest BCUT2D eigenvalue weighted by Gasteiger charge is -2.22. The van der Waals surface area contributed by atoms with Gasteiger partial charge in [0, 0.05) is 57.6 Å². The molecule has 0 bridgehead atoms. The van der Waals surface area contributed by atoms with E-state index in [4.69, 9.17) is 15.0 Å². The second-order valence-electron chi connectivity index (χ2n) is 10.1. The molecule has 0 spiro atoms. The Kier molecular flexibility index (Phi) is 8.55. The maximum atomic E-state index is 12.2. The molecule has 2 aromatic carbocycles. The van der Waals surface area contributed by atoms with E-state index in [-0.39, 0.29) is 11.9 Å². The monoisotopic (exact) mass is 502 g/mol. The summed E-state index contributed by atoms with van der Waals surface area (Å²) in [5, 5.41) is 9.55. The maximum absolute atomic E-state index is 12.2. The molecule has 0 radical (unpaired) electrons. The minimum Gasteiger partial charge on any atom is -0.355 e. The molecule has 1 aliphatic rings. The molecule has 3 aromatic rings.